The Labute approximate surface area is 147 Å². The van der Waals surface area contributed by atoms with Crippen LogP contribution in [0.15, 0.2) is 6.20 Å². The lowest BCUT2D eigenvalue weighted by molar-refractivity contribution is -0.110. The van der Waals surface area contributed by atoms with Crippen LogP contribution in [-0.4, -0.2) is 10.2 Å². The molecule has 1 aromatic rings. The molecule has 4 aliphatic carbocycles. The van der Waals surface area contributed by atoms with E-state index in [0.29, 0.717) is 16.2 Å². The van der Waals surface area contributed by atoms with Crippen molar-refractivity contribution in [2.75, 3.05) is 0 Å². The van der Waals surface area contributed by atoms with Crippen LogP contribution in [0.5, 0.6) is 0 Å². The van der Waals surface area contributed by atoms with Gasteiger partial charge in [0.15, 0.2) is 0 Å². The van der Waals surface area contributed by atoms with Crippen LogP contribution in [0.3, 0.4) is 0 Å². The first-order valence-electron chi connectivity index (χ1n) is 10.4. The number of aromatic nitrogens is 2. The Morgan fingerprint density at radius 3 is 2.62 bits per heavy atom. The number of nitrogens with zero attached hydrogens (tertiary/aromatic N) is 1. The molecule has 5 rings (SSSR count). The van der Waals surface area contributed by atoms with Crippen LogP contribution in [0.1, 0.15) is 77.5 Å². The fourth-order valence-corrected chi connectivity index (χ4v) is 7.96. The summed E-state index contributed by atoms with van der Waals surface area (Å²) < 4.78 is 0. The monoisotopic (exact) mass is 326 g/mol. The van der Waals surface area contributed by atoms with E-state index < -0.39 is 0 Å². The zero-order valence-corrected chi connectivity index (χ0v) is 16.0. The van der Waals surface area contributed by atoms with E-state index in [9.17, 15) is 0 Å². The van der Waals surface area contributed by atoms with Crippen LogP contribution in [0.4, 0.5) is 0 Å². The third-order valence-electron chi connectivity index (χ3n) is 9.90. The van der Waals surface area contributed by atoms with Crippen LogP contribution < -0.4 is 0 Å². The first-order chi connectivity index (χ1) is 11.4. The van der Waals surface area contributed by atoms with Gasteiger partial charge in [0.25, 0.3) is 0 Å². The Balaban J connectivity index is 1.50. The van der Waals surface area contributed by atoms with Gasteiger partial charge in [-0.1, -0.05) is 27.7 Å². The minimum atomic E-state index is 0.522. The van der Waals surface area contributed by atoms with Crippen molar-refractivity contribution in [2.24, 2.45) is 39.9 Å². The lowest BCUT2D eigenvalue weighted by Gasteiger charge is -2.61. The highest BCUT2D eigenvalue weighted by Gasteiger charge is 2.62. The highest BCUT2D eigenvalue weighted by atomic mass is 15.1. The molecule has 0 bridgehead atoms. The molecular weight excluding hydrogens is 292 g/mol. The molecule has 24 heavy (non-hydrogen) atoms. The molecule has 2 heteroatoms. The summed E-state index contributed by atoms with van der Waals surface area (Å²) in [6.07, 6.45) is 13.5. The Morgan fingerprint density at radius 1 is 1.00 bits per heavy atom. The van der Waals surface area contributed by atoms with Crippen LogP contribution in [0.2, 0.25) is 0 Å². The summed E-state index contributed by atoms with van der Waals surface area (Å²) in [4.78, 5) is 0. The van der Waals surface area contributed by atoms with Gasteiger partial charge in [0.05, 0.1) is 5.69 Å². The van der Waals surface area contributed by atoms with Gasteiger partial charge in [0, 0.05) is 6.20 Å². The van der Waals surface area contributed by atoms with Crippen molar-refractivity contribution in [1.29, 1.82) is 0 Å². The maximum Gasteiger partial charge on any atom is 0.0657 e. The Hall–Kier alpha value is -0.790. The molecule has 6 atom stereocenters. The molecule has 1 heterocycles. The van der Waals surface area contributed by atoms with E-state index in [2.05, 4.69) is 44.1 Å². The summed E-state index contributed by atoms with van der Waals surface area (Å²) in [5.74, 6) is 3.79. The minimum absolute atomic E-state index is 0.522. The molecule has 0 spiro atoms. The first-order valence-corrected chi connectivity index (χ1v) is 10.4. The topological polar surface area (TPSA) is 28.7 Å². The van der Waals surface area contributed by atoms with Gasteiger partial charge in [-0.2, -0.15) is 5.10 Å². The molecule has 1 aromatic heterocycles. The fraction of sp³-hybridized carbons (Fsp3) is 0.864. The largest absolute Gasteiger partial charge is 0.285 e. The maximum atomic E-state index is 4.54. The second kappa shape index (κ2) is 4.68. The minimum Gasteiger partial charge on any atom is -0.285 e. The summed E-state index contributed by atoms with van der Waals surface area (Å²) in [5, 5.41) is 7.68. The number of hydrogen-bond donors (Lipinski definition) is 1. The Morgan fingerprint density at radius 2 is 1.79 bits per heavy atom. The van der Waals surface area contributed by atoms with Gasteiger partial charge in [-0.3, -0.25) is 5.10 Å². The number of rotatable bonds is 0. The van der Waals surface area contributed by atoms with Crippen LogP contribution in [-0.2, 0) is 12.8 Å². The van der Waals surface area contributed by atoms with Crippen LogP contribution >= 0.6 is 0 Å². The lowest BCUT2D eigenvalue weighted by atomic mass is 9.44. The van der Waals surface area contributed by atoms with Gasteiger partial charge >= 0.3 is 0 Å². The summed E-state index contributed by atoms with van der Waals surface area (Å²) in [5.41, 5.74) is 4.55. The number of aromatic amines is 1. The molecule has 0 aliphatic heterocycles. The van der Waals surface area contributed by atoms with Crippen molar-refractivity contribution in [1.82, 2.24) is 10.2 Å². The van der Waals surface area contributed by atoms with Gasteiger partial charge in [-0.05, 0) is 96.8 Å². The Bertz CT molecular complexity index is 659. The predicted octanol–water partition coefficient (Wildman–Crippen LogP) is 5.39. The maximum absolute atomic E-state index is 4.54. The first kappa shape index (κ1) is 15.5. The van der Waals surface area contributed by atoms with Crippen molar-refractivity contribution in [2.45, 2.75) is 79.1 Å². The quantitative estimate of drug-likeness (QED) is 0.680. The molecule has 0 amide bonds. The van der Waals surface area contributed by atoms with Gasteiger partial charge < -0.3 is 0 Å². The van der Waals surface area contributed by atoms with Crippen molar-refractivity contribution in [3.05, 3.63) is 17.5 Å². The molecule has 0 saturated heterocycles. The molecule has 3 saturated carbocycles. The average Bonchev–Trinajstić information content (AvgIpc) is 3.06. The number of nitrogens with one attached hydrogen (secondary N) is 1. The molecular formula is C22H34N2. The van der Waals surface area contributed by atoms with E-state index in [4.69, 9.17) is 0 Å². The van der Waals surface area contributed by atoms with Gasteiger partial charge in [-0.25, -0.2) is 0 Å². The van der Waals surface area contributed by atoms with Gasteiger partial charge in [0.2, 0.25) is 0 Å². The average molecular weight is 327 g/mol. The molecule has 3 fully saturated rings. The molecule has 132 valence electrons. The second-order valence-corrected chi connectivity index (χ2v) is 10.8. The normalized spacial score (nSPS) is 49.0. The Kier molecular flexibility index (Phi) is 3.01. The molecule has 0 radical (unpaired) electrons. The molecule has 2 unspecified atom stereocenters. The lowest BCUT2D eigenvalue weighted by Crippen LogP contribution is -2.55. The highest BCUT2D eigenvalue weighted by molar-refractivity contribution is 5.25. The predicted molar refractivity (Wildman–Crippen MR) is 97.7 cm³/mol. The standard InChI is InChI=1S/C22H34N2/c1-20(2)9-7-18-16-6-5-15-11-19-14(13-23-24-19)12-21(15,3)17(16)8-10-22(18,20)4/h13,15-18H,5-12H2,1-4H3,(H,23,24)/t15?,16?,17-,18-,21-,22-/m0/s1. The summed E-state index contributed by atoms with van der Waals surface area (Å²) in [6, 6.07) is 0. The van der Waals surface area contributed by atoms with Gasteiger partial charge in [0.1, 0.15) is 0 Å². The number of fused-ring (bicyclic) bond motifs is 6. The third-order valence-corrected chi connectivity index (χ3v) is 9.90. The number of hydrogen-bond acceptors (Lipinski definition) is 1. The summed E-state index contributed by atoms with van der Waals surface area (Å²) >= 11 is 0. The van der Waals surface area contributed by atoms with Crippen LogP contribution in [0, 0.1) is 39.9 Å². The zero-order valence-electron chi connectivity index (χ0n) is 16.0. The third kappa shape index (κ3) is 1.76. The zero-order chi connectivity index (χ0) is 16.7. The number of H-pyrrole nitrogens is 1. The molecule has 0 aromatic carbocycles. The van der Waals surface area contributed by atoms with E-state index >= 15 is 0 Å². The summed E-state index contributed by atoms with van der Waals surface area (Å²) in [7, 11) is 0. The summed E-state index contributed by atoms with van der Waals surface area (Å²) in [6.45, 7) is 10.4. The van der Waals surface area contributed by atoms with Gasteiger partial charge in [-0.15, -0.1) is 0 Å². The van der Waals surface area contributed by atoms with E-state index in [1.165, 1.54) is 62.6 Å². The second-order valence-electron chi connectivity index (χ2n) is 10.8. The van der Waals surface area contributed by atoms with E-state index in [1.54, 1.807) is 0 Å². The van der Waals surface area contributed by atoms with Crippen molar-refractivity contribution in [3.8, 4) is 0 Å². The van der Waals surface area contributed by atoms with E-state index in [-0.39, 0.29) is 0 Å². The molecule has 2 nitrogen and oxygen atoms in total. The van der Waals surface area contributed by atoms with E-state index in [1.807, 2.05) is 0 Å². The fourth-order valence-electron chi connectivity index (χ4n) is 7.96. The van der Waals surface area contributed by atoms with Crippen LogP contribution in [0.25, 0.3) is 0 Å². The SMILES string of the molecule is CC1(C)CC[C@H]2C3CCC4Cc5n[nH]cc5C[C@]4(C)[C@H]3CC[C@@]21C. The van der Waals surface area contributed by atoms with Crippen molar-refractivity contribution >= 4 is 0 Å². The molecule has 1 N–H and O–H groups in total. The smallest absolute Gasteiger partial charge is 0.0657 e. The van der Waals surface area contributed by atoms with Crippen molar-refractivity contribution < 1.29 is 0 Å². The van der Waals surface area contributed by atoms with E-state index in [0.717, 1.165) is 23.7 Å². The molecule has 4 aliphatic rings. The highest BCUT2D eigenvalue weighted by Crippen LogP contribution is 2.69. The van der Waals surface area contributed by atoms with Crippen molar-refractivity contribution in [3.63, 3.8) is 0 Å².